The number of carbonyl (C=O) groups is 2. The van der Waals surface area contributed by atoms with Gasteiger partial charge < -0.3 is 19.3 Å². The molecule has 1 atom stereocenters. The standard InChI is InChI=1S/C31H40N4O6/c1-23-31(22-29(36)37,27-21-26(39-2)7-8-28(27)32-23)25-5-3-24(4-6-25)30(38)41-20-17-34-12-9-33(10-13-34)11-14-35-15-18-40-19-16-35/h3-8,21H,9-20,22H2,1-2H3,(H,36,37). The fourth-order valence-corrected chi connectivity index (χ4v) is 6.05. The zero-order valence-corrected chi connectivity index (χ0v) is 24.0. The first-order chi connectivity index (χ1) is 19.9. The van der Waals surface area contributed by atoms with Crippen LogP contribution in [0.25, 0.3) is 0 Å². The minimum Gasteiger partial charge on any atom is -0.497 e. The molecule has 2 aromatic carbocycles. The van der Waals surface area contributed by atoms with E-state index in [-0.39, 0.29) is 12.4 Å². The third-order valence-corrected chi connectivity index (χ3v) is 8.54. The number of aliphatic imine (C=N–C) groups is 1. The van der Waals surface area contributed by atoms with Crippen LogP contribution in [0.2, 0.25) is 0 Å². The summed E-state index contributed by atoms with van der Waals surface area (Å²) in [5.74, 6) is -0.679. The number of aliphatic carboxylic acids is 1. The summed E-state index contributed by atoms with van der Waals surface area (Å²) in [6.07, 6.45) is -0.160. The number of hydrogen-bond donors (Lipinski definition) is 1. The van der Waals surface area contributed by atoms with E-state index >= 15 is 0 Å². The number of morpholine rings is 1. The summed E-state index contributed by atoms with van der Waals surface area (Å²) in [5, 5.41) is 9.84. The van der Waals surface area contributed by atoms with Gasteiger partial charge in [-0.25, -0.2) is 4.79 Å². The van der Waals surface area contributed by atoms with Crippen molar-refractivity contribution in [1.82, 2.24) is 14.7 Å². The van der Waals surface area contributed by atoms with Gasteiger partial charge in [0.15, 0.2) is 0 Å². The van der Waals surface area contributed by atoms with Gasteiger partial charge in [0.05, 0.1) is 43.4 Å². The molecule has 1 N–H and O–H groups in total. The van der Waals surface area contributed by atoms with Gasteiger partial charge in [-0.15, -0.1) is 0 Å². The van der Waals surface area contributed by atoms with E-state index in [0.717, 1.165) is 82.4 Å². The van der Waals surface area contributed by atoms with Crippen LogP contribution in [0.3, 0.4) is 0 Å². The SMILES string of the molecule is COc1ccc2c(c1)C(CC(=O)O)(c1ccc(C(=O)OCCN3CCN(CCN4CCOCC4)CC3)cc1)C(C)=N2. The van der Waals surface area contributed by atoms with Crippen LogP contribution in [0.5, 0.6) is 5.75 Å². The predicted molar refractivity (Wildman–Crippen MR) is 156 cm³/mol. The molecule has 220 valence electrons. The molecule has 0 aromatic heterocycles. The lowest BCUT2D eigenvalue weighted by Crippen LogP contribution is -2.50. The van der Waals surface area contributed by atoms with Gasteiger partial charge in [0, 0.05) is 64.6 Å². The molecule has 3 heterocycles. The van der Waals surface area contributed by atoms with E-state index in [0.29, 0.717) is 30.2 Å². The summed E-state index contributed by atoms with van der Waals surface area (Å²) in [6, 6.07) is 12.5. The second-order valence-corrected chi connectivity index (χ2v) is 10.9. The Bertz CT molecular complexity index is 1250. The van der Waals surface area contributed by atoms with Crippen molar-refractivity contribution in [1.29, 1.82) is 0 Å². The third kappa shape index (κ3) is 6.62. The number of carboxylic acids is 1. The first-order valence-corrected chi connectivity index (χ1v) is 14.4. The van der Waals surface area contributed by atoms with Crippen LogP contribution in [0.15, 0.2) is 47.5 Å². The van der Waals surface area contributed by atoms with Gasteiger partial charge >= 0.3 is 11.9 Å². The summed E-state index contributed by atoms with van der Waals surface area (Å²) in [5.41, 5.74) is 2.46. The molecule has 10 nitrogen and oxygen atoms in total. The van der Waals surface area contributed by atoms with Crippen molar-refractivity contribution < 1.29 is 28.9 Å². The Morgan fingerprint density at radius 1 is 0.927 bits per heavy atom. The Kier molecular flexibility index (Phi) is 9.34. The van der Waals surface area contributed by atoms with Crippen LogP contribution in [0.1, 0.15) is 34.8 Å². The molecule has 41 heavy (non-hydrogen) atoms. The van der Waals surface area contributed by atoms with Crippen LogP contribution in [-0.2, 0) is 19.7 Å². The van der Waals surface area contributed by atoms with Gasteiger partial charge in [0.1, 0.15) is 12.4 Å². The molecule has 0 spiro atoms. The van der Waals surface area contributed by atoms with Crippen LogP contribution < -0.4 is 4.74 Å². The lowest BCUT2D eigenvalue weighted by atomic mass is 9.70. The molecular weight excluding hydrogens is 524 g/mol. The van der Waals surface area contributed by atoms with Crippen molar-refractivity contribution >= 4 is 23.3 Å². The van der Waals surface area contributed by atoms with Crippen molar-refractivity contribution in [3.63, 3.8) is 0 Å². The van der Waals surface area contributed by atoms with Gasteiger partial charge in [-0.1, -0.05) is 12.1 Å². The number of nitrogens with zero attached hydrogens (tertiary/aromatic N) is 4. The Balaban J connectivity index is 1.14. The Morgan fingerprint density at radius 2 is 1.56 bits per heavy atom. The number of ether oxygens (including phenoxy) is 3. The zero-order chi connectivity index (χ0) is 28.8. The van der Waals surface area contributed by atoms with Crippen molar-refractivity contribution in [2.75, 3.05) is 85.8 Å². The van der Waals surface area contributed by atoms with Crippen LogP contribution in [0, 0.1) is 0 Å². The minimum absolute atomic E-state index is 0.160. The van der Waals surface area contributed by atoms with Gasteiger partial charge in [-0.05, 0) is 48.4 Å². The maximum atomic E-state index is 12.8. The summed E-state index contributed by atoms with van der Waals surface area (Å²) >= 11 is 0. The highest BCUT2D eigenvalue weighted by molar-refractivity contribution is 6.05. The van der Waals surface area contributed by atoms with Crippen molar-refractivity contribution in [3.05, 3.63) is 59.2 Å². The molecule has 0 aliphatic carbocycles. The van der Waals surface area contributed by atoms with Crippen molar-refractivity contribution in [3.8, 4) is 5.75 Å². The van der Waals surface area contributed by atoms with E-state index < -0.39 is 11.4 Å². The van der Waals surface area contributed by atoms with E-state index in [1.807, 2.05) is 37.3 Å². The number of piperazine rings is 1. The molecule has 3 aliphatic rings. The van der Waals surface area contributed by atoms with Crippen molar-refractivity contribution in [2.24, 2.45) is 4.99 Å². The fourth-order valence-electron chi connectivity index (χ4n) is 6.05. The first kappa shape index (κ1) is 29.2. The van der Waals surface area contributed by atoms with E-state index in [1.54, 1.807) is 19.2 Å². The molecule has 0 bridgehead atoms. The van der Waals surface area contributed by atoms with Gasteiger partial charge in [-0.3, -0.25) is 24.5 Å². The summed E-state index contributed by atoms with van der Waals surface area (Å²) in [7, 11) is 1.58. The summed E-state index contributed by atoms with van der Waals surface area (Å²) < 4.78 is 16.4. The second-order valence-electron chi connectivity index (χ2n) is 10.9. The number of rotatable bonds is 11. The highest BCUT2D eigenvalue weighted by atomic mass is 16.5. The highest BCUT2D eigenvalue weighted by Gasteiger charge is 2.45. The summed E-state index contributed by atoms with van der Waals surface area (Å²) in [4.78, 5) is 36.8. The molecule has 2 fully saturated rings. The lowest BCUT2D eigenvalue weighted by Gasteiger charge is -2.36. The number of benzene rings is 2. The monoisotopic (exact) mass is 564 g/mol. The molecule has 3 aliphatic heterocycles. The van der Waals surface area contributed by atoms with E-state index in [9.17, 15) is 14.7 Å². The van der Waals surface area contributed by atoms with Crippen LogP contribution in [0.4, 0.5) is 5.69 Å². The molecule has 1 unspecified atom stereocenters. The maximum absolute atomic E-state index is 12.8. The topological polar surface area (TPSA) is 104 Å². The quantitative estimate of drug-likeness (QED) is 0.413. The molecule has 2 aromatic rings. The Hall–Kier alpha value is -3.31. The van der Waals surface area contributed by atoms with Crippen LogP contribution >= 0.6 is 0 Å². The molecule has 10 heteroatoms. The van der Waals surface area contributed by atoms with E-state index in [4.69, 9.17) is 14.2 Å². The average molecular weight is 565 g/mol. The predicted octanol–water partition coefficient (Wildman–Crippen LogP) is 2.67. The first-order valence-electron chi connectivity index (χ1n) is 14.4. The average Bonchev–Trinajstić information content (AvgIpc) is 3.27. The Morgan fingerprint density at radius 3 is 2.20 bits per heavy atom. The number of hydrogen-bond acceptors (Lipinski definition) is 9. The van der Waals surface area contributed by atoms with Gasteiger partial charge in [-0.2, -0.15) is 0 Å². The van der Waals surface area contributed by atoms with Gasteiger partial charge in [0.2, 0.25) is 0 Å². The largest absolute Gasteiger partial charge is 0.497 e. The molecule has 5 rings (SSSR count). The highest BCUT2D eigenvalue weighted by Crippen LogP contribution is 2.48. The number of esters is 1. The number of methoxy groups -OCH3 is 1. The number of carboxylic acid groups (broad SMARTS) is 1. The second kappa shape index (κ2) is 13.1. The molecule has 2 saturated heterocycles. The minimum atomic E-state index is -0.942. The molecule has 0 amide bonds. The fraction of sp³-hybridized carbons (Fsp3) is 0.516. The number of fused-ring (bicyclic) bond motifs is 1. The smallest absolute Gasteiger partial charge is 0.338 e. The van der Waals surface area contributed by atoms with E-state index in [2.05, 4.69) is 19.7 Å². The molecule has 0 radical (unpaired) electrons. The maximum Gasteiger partial charge on any atom is 0.338 e. The summed E-state index contributed by atoms with van der Waals surface area (Å²) in [6.45, 7) is 12.7. The normalized spacial score (nSPS) is 21.8. The zero-order valence-electron chi connectivity index (χ0n) is 24.0. The molecular formula is C31H40N4O6. The van der Waals surface area contributed by atoms with Gasteiger partial charge in [0.25, 0.3) is 0 Å². The third-order valence-electron chi connectivity index (χ3n) is 8.54. The number of carbonyl (C=O) groups excluding carboxylic acids is 1. The Labute approximate surface area is 241 Å². The lowest BCUT2D eigenvalue weighted by molar-refractivity contribution is -0.137. The molecule has 0 saturated carbocycles. The van der Waals surface area contributed by atoms with E-state index in [1.165, 1.54) is 0 Å². The van der Waals surface area contributed by atoms with Crippen LogP contribution in [-0.4, -0.2) is 123 Å². The van der Waals surface area contributed by atoms with Crippen molar-refractivity contribution in [2.45, 2.75) is 18.8 Å².